The molecule has 0 aliphatic carbocycles. The molecular weight excluding hydrogens is 286 g/mol. The van der Waals surface area contributed by atoms with Crippen LogP contribution < -0.4 is 10.1 Å². The number of carbonyl (C=O) groups excluding carboxylic acids is 1. The molecule has 0 aromatic carbocycles. The fraction of sp³-hybridized carbons (Fsp3) is 0.533. The van der Waals surface area contributed by atoms with Crippen LogP contribution in [0, 0.1) is 5.92 Å². The second kappa shape index (κ2) is 8.86. The van der Waals surface area contributed by atoms with Crippen molar-refractivity contribution >= 4 is 12.0 Å². The number of hydrogen-bond donors (Lipinski definition) is 2. The van der Waals surface area contributed by atoms with Gasteiger partial charge in [-0.1, -0.05) is 19.9 Å². The SMILES string of the molecule is CCCOc1ccc(CNC(=O)N(C)CC(C)C(=O)O)cn1. The van der Waals surface area contributed by atoms with Gasteiger partial charge < -0.3 is 20.1 Å². The Labute approximate surface area is 130 Å². The lowest BCUT2D eigenvalue weighted by atomic mass is 10.2. The lowest BCUT2D eigenvalue weighted by molar-refractivity contribution is -0.141. The van der Waals surface area contributed by atoms with Gasteiger partial charge in [-0.05, 0) is 12.0 Å². The van der Waals surface area contributed by atoms with Crippen molar-refractivity contribution in [1.82, 2.24) is 15.2 Å². The molecule has 7 nitrogen and oxygen atoms in total. The van der Waals surface area contributed by atoms with Gasteiger partial charge in [0.15, 0.2) is 0 Å². The Morgan fingerprint density at radius 1 is 1.45 bits per heavy atom. The highest BCUT2D eigenvalue weighted by Crippen LogP contribution is 2.08. The molecule has 0 radical (unpaired) electrons. The van der Waals surface area contributed by atoms with Crippen LogP contribution >= 0.6 is 0 Å². The third-order valence-corrected chi connectivity index (χ3v) is 3.01. The zero-order chi connectivity index (χ0) is 16.5. The largest absolute Gasteiger partial charge is 0.481 e. The summed E-state index contributed by atoms with van der Waals surface area (Å²) in [6.07, 6.45) is 2.56. The predicted octanol–water partition coefficient (Wildman–Crippen LogP) is 1.73. The Kier molecular flexibility index (Phi) is 7.15. The minimum atomic E-state index is -0.925. The molecule has 1 heterocycles. The van der Waals surface area contributed by atoms with Gasteiger partial charge in [0, 0.05) is 32.4 Å². The van der Waals surface area contributed by atoms with Crippen LogP contribution in [0.3, 0.4) is 0 Å². The number of aliphatic carboxylic acids is 1. The quantitative estimate of drug-likeness (QED) is 0.763. The molecule has 1 aromatic heterocycles. The second-order valence-corrected chi connectivity index (χ2v) is 5.13. The summed E-state index contributed by atoms with van der Waals surface area (Å²) in [4.78, 5) is 28.1. The normalized spacial score (nSPS) is 11.6. The Balaban J connectivity index is 2.41. The number of hydrogen-bond acceptors (Lipinski definition) is 4. The second-order valence-electron chi connectivity index (χ2n) is 5.13. The first-order chi connectivity index (χ1) is 10.4. The third kappa shape index (κ3) is 5.99. The van der Waals surface area contributed by atoms with Crippen molar-refractivity contribution in [2.45, 2.75) is 26.8 Å². The summed E-state index contributed by atoms with van der Waals surface area (Å²) in [6.45, 7) is 4.68. The number of carboxylic acids is 1. The van der Waals surface area contributed by atoms with Gasteiger partial charge in [-0.3, -0.25) is 4.79 Å². The maximum Gasteiger partial charge on any atom is 0.317 e. The van der Waals surface area contributed by atoms with Crippen molar-refractivity contribution in [3.05, 3.63) is 23.9 Å². The van der Waals surface area contributed by atoms with Gasteiger partial charge in [-0.15, -0.1) is 0 Å². The fourth-order valence-corrected chi connectivity index (χ4v) is 1.69. The summed E-state index contributed by atoms with van der Waals surface area (Å²) in [6, 6.07) is 3.27. The van der Waals surface area contributed by atoms with Crippen LogP contribution in [-0.2, 0) is 11.3 Å². The first kappa shape index (κ1) is 17.7. The van der Waals surface area contributed by atoms with Gasteiger partial charge in [0.25, 0.3) is 0 Å². The number of carboxylic acid groups (broad SMARTS) is 1. The molecule has 0 bridgehead atoms. The highest BCUT2D eigenvalue weighted by molar-refractivity contribution is 5.75. The van der Waals surface area contributed by atoms with Crippen LogP contribution in [0.25, 0.3) is 0 Å². The summed E-state index contributed by atoms with van der Waals surface area (Å²) in [5.74, 6) is -0.969. The molecule has 1 aromatic rings. The molecule has 0 saturated heterocycles. The van der Waals surface area contributed by atoms with E-state index in [1.165, 1.54) is 4.90 Å². The fourth-order valence-electron chi connectivity index (χ4n) is 1.69. The maximum absolute atomic E-state index is 11.9. The van der Waals surface area contributed by atoms with Gasteiger partial charge in [0.05, 0.1) is 12.5 Å². The average Bonchev–Trinajstić information content (AvgIpc) is 2.51. The number of carbonyl (C=O) groups is 2. The van der Waals surface area contributed by atoms with E-state index in [1.807, 2.05) is 13.0 Å². The molecule has 22 heavy (non-hydrogen) atoms. The van der Waals surface area contributed by atoms with E-state index in [-0.39, 0.29) is 12.6 Å². The van der Waals surface area contributed by atoms with Crippen molar-refractivity contribution in [3.63, 3.8) is 0 Å². The molecule has 0 saturated carbocycles. The van der Waals surface area contributed by atoms with E-state index < -0.39 is 11.9 Å². The molecule has 122 valence electrons. The lowest BCUT2D eigenvalue weighted by Gasteiger charge is -2.20. The lowest BCUT2D eigenvalue weighted by Crippen LogP contribution is -2.40. The number of pyridine rings is 1. The minimum Gasteiger partial charge on any atom is -0.481 e. The highest BCUT2D eigenvalue weighted by atomic mass is 16.5. The predicted molar refractivity (Wildman–Crippen MR) is 81.7 cm³/mol. The summed E-state index contributed by atoms with van der Waals surface area (Å²) < 4.78 is 5.38. The first-order valence-electron chi connectivity index (χ1n) is 7.23. The van der Waals surface area contributed by atoms with E-state index in [2.05, 4.69) is 10.3 Å². The maximum atomic E-state index is 11.9. The molecule has 0 spiro atoms. The molecule has 1 atom stereocenters. The summed E-state index contributed by atoms with van der Waals surface area (Å²) in [5.41, 5.74) is 0.844. The van der Waals surface area contributed by atoms with Crippen molar-refractivity contribution in [2.75, 3.05) is 20.2 Å². The molecular formula is C15H23N3O4. The Morgan fingerprint density at radius 3 is 2.73 bits per heavy atom. The van der Waals surface area contributed by atoms with Crippen LogP contribution in [0.1, 0.15) is 25.8 Å². The van der Waals surface area contributed by atoms with Gasteiger partial charge in [-0.2, -0.15) is 0 Å². The minimum absolute atomic E-state index is 0.156. The number of rotatable bonds is 8. The summed E-state index contributed by atoms with van der Waals surface area (Å²) in [7, 11) is 1.56. The number of aromatic nitrogens is 1. The van der Waals surface area contributed by atoms with E-state index >= 15 is 0 Å². The monoisotopic (exact) mass is 309 g/mol. The van der Waals surface area contributed by atoms with Gasteiger partial charge in [0.2, 0.25) is 5.88 Å². The van der Waals surface area contributed by atoms with Crippen molar-refractivity contribution < 1.29 is 19.4 Å². The number of nitrogens with one attached hydrogen (secondary N) is 1. The van der Waals surface area contributed by atoms with Gasteiger partial charge in [0.1, 0.15) is 0 Å². The van der Waals surface area contributed by atoms with Crippen molar-refractivity contribution in [1.29, 1.82) is 0 Å². The van der Waals surface area contributed by atoms with E-state index in [0.29, 0.717) is 19.0 Å². The van der Waals surface area contributed by atoms with Crippen molar-refractivity contribution in [3.8, 4) is 5.88 Å². The number of nitrogens with zero attached hydrogens (tertiary/aromatic N) is 2. The molecule has 0 aliphatic heterocycles. The van der Waals surface area contributed by atoms with E-state index in [4.69, 9.17) is 9.84 Å². The van der Waals surface area contributed by atoms with Crippen molar-refractivity contribution in [2.24, 2.45) is 5.92 Å². The van der Waals surface area contributed by atoms with Crippen LogP contribution in [-0.4, -0.2) is 47.2 Å². The topological polar surface area (TPSA) is 91.8 Å². The molecule has 1 unspecified atom stereocenters. The standard InChI is InChI=1S/C15H23N3O4/c1-4-7-22-13-6-5-12(8-16-13)9-17-15(21)18(3)10-11(2)14(19)20/h5-6,8,11H,4,7,9-10H2,1-3H3,(H,17,21)(H,19,20). The zero-order valence-electron chi connectivity index (χ0n) is 13.2. The molecule has 0 fully saturated rings. The Bertz CT molecular complexity index is 490. The number of ether oxygens (including phenoxy) is 1. The average molecular weight is 309 g/mol. The molecule has 0 aliphatic rings. The van der Waals surface area contributed by atoms with E-state index in [1.54, 1.807) is 26.2 Å². The Morgan fingerprint density at radius 2 is 2.18 bits per heavy atom. The van der Waals surface area contributed by atoms with Crippen LogP contribution in [0.5, 0.6) is 5.88 Å². The molecule has 2 amide bonds. The summed E-state index contributed by atoms with van der Waals surface area (Å²) in [5, 5.41) is 11.5. The number of amides is 2. The zero-order valence-corrected chi connectivity index (χ0v) is 13.2. The molecule has 1 rings (SSSR count). The van der Waals surface area contributed by atoms with E-state index in [9.17, 15) is 9.59 Å². The van der Waals surface area contributed by atoms with Gasteiger partial charge >= 0.3 is 12.0 Å². The Hall–Kier alpha value is -2.31. The number of urea groups is 1. The highest BCUT2D eigenvalue weighted by Gasteiger charge is 2.16. The molecule has 2 N–H and O–H groups in total. The molecule has 7 heteroatoms. The third-order valence-electron chi connectivity index (χ3n) is 3.01. The van der Waals surface area contributed by atoms with Crippen LogP contribution in [0.4, 0.5) is 4.79 Å². The van der Waals surface area contributed by atoms with Gasteiger partial charge in [-0.25, -0.2) is 9.78 Å². The van der Waals surface area contributed by atoms with E-state index in [0.717, 1.165) is 12.0 Å². The first-order valence-corrected chi connectivity index (χ1v) is 7.23. The smallest absolute Gasteiger partial charge is 0.317 e. The van der Waals surface area contributed by atoms with Crippen LogP contribution in [0.15, 0.2) is 18.3 Å². The van der Waals surface area contributed by atoms with Crippen LogP contribution in [0.2, 0.25) is 0 Å². The summed E-state index contributed by atoms with van der Waals surface area (Å²) >= 11 is 0.